The molecule has 0 bridgehead atoms. The summed E-state index contributed by atoms with van der Waals surface area (Å²) in [5.74, 6) is 0.692. The minimum atomic E-state index is 0.692. The molecule has 4 aromatic rings. The monoisotopic (exact) mass is 220 g/mol. The predicted octanol–water partition coefficient (Wildman–Crippen LogP) is 2.43. The molecule has 0 aliphatic carbocycles. The van der Waals surface area contributed by atoms with Gasteiger partial charge >= 0.3 is 0 Å². The number of hydrogen-bond acceptors (Lipinski definition) is 3. The van der Waals surface area contributed by atoms with Gasteiger partial charge in [0.05, 0.1) is 11.0 Å². The van der Waals surface area contributed by atoms with Gasteiger partial charge in [-0.2, -0.15) is 4.98 Å². The molecule has 0 saturated carbocycles. The van der Waals surface area contributed by atoms with Crippen molar-refractivity contribution in [2.45, 2.75) is 0 Å². The fourth-order valence-corrected chi connectivity index (χ4v) is 2.08. The zero-order valence-electron chi connectivity index (χ0n) is 8.91. The van der Waals surface area contributed by atoms with E-state index in [1.165, 1.54) is 0 Å². The minimum absolute atomic E-state index is 0.692. The first-order valence-electron chi connectivity index (χ1n) is 5.40. The number of benzene rings is 1. The molecule has 0 aliphatic rings. The van der Waals surface area contributed by atoms with E-state index in [0.717, 1.165) is 22.1 Å². The molecule has 0 N–H and O–H groups in total. The quantitative estimate of drug-likeness (QED) is 0.457. The smallest absolute Gasteiger partial charge is 0.236 e. The molecule has 0 radical (unpaired) electrons. The minimum Gasteiger partial charge on any atom is -0.283 e. The third-order valence-electron chi connectivity index (χ3n) is 2.87. The van der Waals surface area contributed by atoms with Crippen LogP contribution in [0.25, 0.3) is 27.8 Å². The number of hydrogen-bond donors (Lipinski definition) is 0. The molecule has 3 heterocycles. The van der Waals surface area contributed by atoms with Crippen molar-refractivity contribution in [1.82, 2.24) is 19.4 Å². The van der Waals surface area contributed by atoms with E-state index in [9.17, 15) is 0 Å². The van der Waals surface area contributed by atoms with E-state index < -0.39 is 0 Å². The van der Waals surface area contributed by atoms with Gasteiger partial charge in [0.15, 0.2) is 5.65 Å². The van der Waals surface area contributed by atoms with Gasteiger partial charge in [0, 0.05) is 17.8 Å². The van der Waals surface area contributed by atoms with Crippen molar-refractivity contribution in [3.05, 3.63) is 48.8 Å². The molecule has 1 aromatic carbocycles. The van der Waals surface area contributed by atoms with Gasteiger partial charge in [0.2, 0.25) is 5.78 Å². The SMILES string of the molecule is c1cnc2nc3nc4ccccc4n3cc2c1. The standard InChI is InChI=1S/C13H8N4/c1-2-6-11-10(5-1)15-13-16-12-9(8-17(11)13)4-3-7-14-12/h1-8H. The Kier molecular flexibility index (Phi) is 1.53. The van der Waals surface area contributed by atoms with Crippen LogP contribution in [0.4, 0.5) is 0 Å². The van der Waals surface area contributed by atoms with E-state index in [1.54, 1.807) is 6.20 Å². The van der Waals surface area contributed by atoms with Crippen molar-refractivity contribution >= 4 is 27.8 Å². The van der Waals surface area contributed by atoms with Crippen molar-refractivity contribution in [3.8, 4) is 0 Å². The topological polar surface area (TPSA) is 43.1 Å². The molecule has 0 atom stereocenters. The Morgan fingerprint density at radius 1 is 0.941 bits per heavy atom. The molecule has 0 unspecified atom stereocenters. The molecule has 17 heavy (non-hydrogen) atoms. The van der Waals surface area contributed by atoms with Gasteiger partial charge in [-0.1, -0.05) is 12.1 Å². The number of aromatic nitrogens is 4. The largest absolute Gasteiger partial charge is 0.283 e. The van der Waals surface area contributed by atoms with Gasteiger partial charge in [-0.15, -0.1) is 0 Å². The average Bonchev–Trinajstić information content (AvgIpc) is 2.73. The van der Waals surface area contributed by atoms with Crippen LogP contribution in [-0.2, 0) is 0 Å². The first-order chi connectivity index (χ1) is 8.42. The molecule has 0 aliphatic heterocycles. The highest BCUT2D eigenvalue weighted by molar-refractivity contribution is 5.83. The highest BCUT2D eigenvalue weighted by atomic mass is 15.1. The van der Waals surface area contributed by atoms with Gasteiger partial charge in [-0.05, 0) is 24.3 Å². The zero-order valence-corrected chi connectivity index (χ0v) is 8.91. The molecule has 0 spiro atoms. The maximum atomic E-state index is 4.48. The predicted molar refractivity (Wildman–Crippen MR) is 65.8 cm³/mol. The molecule has 0 amide bonds. The average molecular weight is 220 g/mol. The van der Waals surface area contributed by atoms with E-state index in [2.05, 4.69) is 15.0 Å². The summed E-state index contributed by atoms with van der Waals surface area (Å²) in [6.07, 6.45) is 3.77. The van der Waals surface area contributed by atoms with Crippen molar-refractivity contribution in [1.29, 1.82) is 0 Å². The molecular weight excluding hydrogens is 212 g/mol. The lowest BCUT2D eigenvalue weighted by atomic mass is 10.3. The lowest BCUT2D eigenvalue weighted by molar-refractivity contribution is 1.15. The third-order valence-corrected chi connectivity index (χ3v) is 2.87. The van der Waals surface area contributed by atoms with Crippen LogP contribution in [0.1, 0.15) is 0 Å². The van der Waals surface area contributed by atoms with Gasteiger partial charge in [0.1, 0.15) is 0 Å². The third kappa shape index (κ3) is 1.15. The van der Waals surface area contributed by atoms with Crippen LogP contribution in [0.15, 0.2) is 48.8 Å². The second-order valence-electron chi connectivity index (χ2n) is 3.93. The summed E-state index contributed by atoms with van der Waals surface area (Å²) < 4.78 is 2.00. The van der Waals surface area contributed by atoms with Gasteiger partial charge in [-0.25, -0.2) is 9.97 Å². The maximum Gasteiger partial charge on any atom is 0.236 e. The van der Waals surface area contributed by atoms with E-state index in [4.69, 9.17) is 0 Å². The summed E-state index contributed by atoms with van der Waals surface area (Å²) in [5, 5.41) is 1.02. The molecule has 0 saturated heterocycles. The summed E-state index contributed by atoms with van der Waals surface area (Å²) in [5.41, 5.74) is 2.76. The molecule has 4 nitrogen and oxygen atoms in total. The number of para-hydroxylation sites is 2. The summed E-state index contributed by atoms with van der Waals surface area (Å²) in [6.45, 7) is 0. The van der Waals surface area contributed by atoms with Crippen LogP contribution in [0.3, 0.4) is 0 Å². The van der Waals surface area contributed by atoms with Crippen LogP contribution >= 0.6 is 0 Å². The van der Waals surface area contributed by atoms with Gasteiger partial charge < -0.3 is 0 Å². The van der Waals surface area contributed by atoms with Crippen molar-refractivity contribution in [2.75, 3.05) is 0 Å². The van der Waals surface area contributed by atoms with E-state index in [-0.39, 0.29) is 0 Å². The molecular formula is C13H8N4. The van der Waals surface area contributed by atoms with Crippen molar-refractivity contribution < 1.29 is 0 Å². The highest BCUT2D eigenvalue weighted by Crippen LogP contribution is 2.17. The Morgan fingerprint density at radius 2 is 1.88 bits per heavy atom. The Labute approximate surface area is 96.6 Å². The Bertz CT molecular complexity index is 842. The normalized spacial score (nSPS) is 11.5. The van der Waals surface area contributed by atoms with Crippen molar-refractivity contribution in [3.63, 3.8) is 0 Å². The number of pyridine rings is 1. The Balaban J connectivity index is 2.28. The van der Waals surface area contributed by atoms with Crippen molar-refractivity contribution in [2.24, 2.45) is 0 Å². The van der Waals surface area contributed by atoms with E-state index >= 15 is 0 Å². The van der Waals surface area contributed by atoms with Crippen LogP contribution in [0, 0.1) is 0 Å². The fourth-order valence-electron chi connectivity index (χ4n) is 2.08. The molecule has 80 valence electrons. The number of fused-ring (bicyclic) bond motifs is 4. The summed E-state index contributed by atoms with van der Waals surface area (Å²) in [6, 6.07) is 11.9. The highest BCUT2D eigenvalue weighted by Gasteiger charge is 2.06. The Hall–Kier alpha value is -2.49. The lowest BCUT2D eigenvalue weighted by Crippen LogP contribution is -1.91. The first-order valence-corrected chi connectivity index (χ1v) is 5.40. The molecule has 4 heteroatoms. The number of nitrogens with zero attached hydrogens (tertiary/aromatic N) is 4. The fraction of sp³-hybridized carbons (Fsp3) is 0. The van der Waals surface area contributed by atoms with Crippen LogP contribution in [0.2, 0.25) is 0 Å². The van der Waals surface area contributed by atoms with E-state index in [0.29, 0.717) is 5.78 Å². The second-order valence-corrected chi connectivity index (χ2v) is 3.93. The van der Waals surface area contributed by atoms with Gasteiger partial charge in [-0.3, -0.25) is 4.40 Å². The second kappa shape index (κ2) is 3.01. The molecule has 0 fully saturated rings. The zero-order chi connectivity index (χ0) is 11.2. The lowest BCUT2D eigenvalue weighted by Gasteiger charge is -1.97. The summed E-state index contributed by atoms with van der Waals surface area (Å²) in [4.78, 5) is 13.2. The maximum absolute atomic E-state index is 4.48. The number of imidazole rings is 1. The van der Waals surface area contributed by atoms with E-state index in [1.807, 2.05) is 47.0 Å². The number of rotatable bonds is 0. The van der Waals surface area contributed by atoms with Crippen LogP contribution in [-0.4, -0.2) is 19.4 Å². The van der Waals surface area contributed by atoms with Gasteiger partial charge in [0.25, 0.3) is 0 Å². The molecule has 4 rings (SSSR count). The van der Waals surface area contributed by atoms with Crippen LogP contribution in [0.5, 0.6) is 0 Å². The summed E-state index contributed by atoms with van der Waals surface area (Å²) in [7, 11) is 0. The Morgan fingerprint density at radius 3 is 2.88 bits per heavy atom. The molecule has 3 aromatic heterocycles. The first kappa shape index (κ1) is 8.64. The summed E-state index contributed by atoms with van der Waals surface area (Å²) >= 11 is 0. The van der Waals surface area contributed by atoms with Crippen LogP contribution < -0.4 is 0 Å².